The van der Waals surface area contributed by atoms with Crippen molar-refractivity contribution in [3.05, 3.63) is 41.2 Å². The number of aromatic nitrogens is 3. The summed E-state index contributed by atoms with van der Waals surface area (Å²) in [4.78, 5) is 27.6. The highest BCUT2D eigenvalue weighted by Crippen LogP contribution is 2.67. The van der Waals surface area contributed by atoms with E-state index in [0.717, 1.165) is 161 Å². The molecular formula is C89H155N7O20. The Balaban J connectivity index is 0.464. The van der Waals surface area contributed by atoms with Crippen molar-refractivity contribution in [3.63, 3.8) is 0 Å². The van der Waals surface area contributed by atoms with Crippen molar-refractivity contribution >= 4 is 33.8 Å². The summed E-state index contributed by atoms with van der Waals surface area (Å²) in [5, 5.41) is 24.2. The lowest BCUT2D eigenvalue weighted by Gasteiger charge is -2.58. The lowest BCUT2D eigenvalue weighted by atomic mass is 9.47. The number of aliphatic hydroxyl groups is 2. The number of alkyl carbamates (subject to hydrolysis) is 1. The van der Waals surface area contributed by atoms with Crippen molar-refractivity contribution in [1.29, 1.82) is 0 Å². The maximum absolute atomic E-state index is 12.8. The van der Waals surface area contributed by atoms with E-state index in [4.69, 9.17) is 96.2 Å². The molecule has 2 aromatic heterocycles. The number of hydrogen-bond donors (Lipinski definition) is 4. The number of nitrogen functional groups attached to an aromatic ring is 1. The van der Waals surface area contributed by atoms with Crippen LogP contribution in [0.15, 0.2) is 29.8 Å². The van der Waals surface area contributed by atoms with Gasteiger partial charge in [-0.25, -0.2) is 14.8 Å². The maximum Gasteiger partial charge on any atom is 0.407 e. The molecule has 27 nitrogen and oxygen atoms in total. The topological polar surface area (TPSA) is 290 Å². The number of nitrogens with zero attached hydrogens (tertiary/aromatic N) is 5. The zero-order valence-corrected chi connectivity index (χ0v) is 72.6. The molecule has 3 heterocycles. The van der Waals surface area contributed by atoms with Crippen molar-refractivity contribution in [2.24, 2.45) is 51.8 Å². The number of piperazine rings is 1. The standard InChI is InChI=1S/C89H155N7O20/c1-8-9-16-82-93-83-84(96(82)68-87(5,69-97)70-98)77-19-17-73(66-81(77)92-85(83)90)15-11-28-94-30-32-95(33-31-94)29-12-34-100-36-38-102-40-42-104-44-46-106-48-50-108-52-54-110-56-58-112-60-62-114-64-65-115-63-61-113-59-57-111-55-53-109-51-49-107-47-45-105-43-41-103-39-37-101-35-27-91-86(99)116-75-23-25-88(6)74(67-75)18-20-76-79-22-21-78(72(4)14-10-13-71(2)3)89(79,7)26-24-80(76)88/h17-19,66,71-72,75-76,78-80,97-98H,8-16,20-65,67-70H2,1-7H3,(H2,90,92)(H,91,99)/t72-,75+,76+,78-,79+,80+,88+,89-/m1/s1. The third-order valence-electron chi connectivity index (χ3n) is 24.7. The van der Waals surface area contributed by atoms with Crippen LogP contribution < -0.4 is 11.1 Å². The van der Waals surface area contributed by atoms with Crippen LogP contribution in [-0.2, 0) is 99.9 Å². The van der Waals surface area contributed by atoms with E-state index >= 15 is 0 Å². The van der Waals surface area contributed by atoms with Gasteiger partial charge >= 0.3 is 6.09 Å². The predicted molar refractivity (Wildman–Crippen MR) is 451 cm³/mol. The number of aryl methyl sites for hydroxylation is 2. The van der Waals surface area contributed by atoms with E-state index < -0.39 is 5.41 Å². The fraction of sp³-hybridized carbons (Fsp3) is 0.854. The fourth-order valence-electron chi connectivity index (χ4n) is 18.1. The number of unbranched alkanes of at least 4 members (excludes halogenated alkanes) is 1. The predicted octanol–water partition coefficient (Wildman–Crippen LogP) is 10.8. The van der Waals surface area contributed by atoms with Crippen molar-refractivity contribution < 1.29 is 95.5 Å². The molecule has 8 rings (SSSR count). The smallest absolute Gasteiger partial charge is 0.407 e. The molecule has 3 aromatic rings. The molecule has 0 unspecified atom stereocenters. The third kappa shape index (κ3) is 34.4. The lowest BCUT2D eigenvalue weighted by molar-refractivity contribution is -0.0581. The minimum atomic E-state index is -0.691. The summed E-state index contributed by atoms with van der Waals surface area (Å²) < 4.78 is 98.0. The minimum Gasteiger partial charge on any atom is -0.446 e. The molecule has 116 heavy (non-hydrogen) atoms. The molecule has 8 atom stereocenters. The molecule has 0 radical (unpaired) electrons. The molecule has 1 amide bonds. The Morgan fingerprint density at radius 3 is 1.51 bits per heavy atom. The summed E-state index contributed by atoms with van der Waals surface area (Å²) in [5.74, 6) is 6.26. The van der Waals surface area contributed by atoms with Gasteiger partial charge in [-0.05, 0) is 135 Å². The second-order valence-corrected chi connectivity index (χ2v) is 33.8. The van der Waals surface area contributed by atoms with Crippen LogP contribution in [0.5, 0.6) is 0 Å². The van der Waals surface area contributed by atoms with Gasteiger partial charge in [0.15, 0.2) is 5.82 Å². The maximum atomic E-state index is 12.8. The number of amides is 1. The van der Waals surface area contributed by atoms with Gasteiger partial charge in [0.2, 0.25) is 0 Å². The lowest BCUT2D eigenvalue weighted by Crippen LogP contribution is -2.51. The van der Waals surface area contributed by atoms with E-state index in [1.807, 2.05) is 6.92 Å². The normalized spacial score (nSPS) is 21.6. The average Bonchev–Trinajstić information content (AvgIpc) is 1.38. The first-order valence-corrected chi connectivity index (χ1v) is 44.8. The number of carbonyl (C=O) groups excluding carboxylic acids is 1. The molecule has 27 heteroatoms. The van der Waals surface area contributed by atoms with Gasteiger partial charge in [0.05, 0.1) is 229 Å². The summed E-state index contributed by atoms with van der Waals surface area (Å²) in [5.41, 5.74) is 11.8. The third-order valence-corrected chi connectivity index (χ3v) is 24.7. The number of ether oxygens (including phenoxy) is 17. The van der Waals surface area contributed by atoms with E-state index in [2.05, 4.69) is 85.5 Å². The molecule has 666 valence electrons. The molecule has 0 spiro atoms. The molecule has 5 N–H and O–H groups in total. The van der Waals surface area contributed by atoms with Gasteiger partial charge in [-0.2, -0.15) is 0 Å². The van der Waals surface area contributed by atoms with E-state index in [-0.39, 0.29) is 30.8 Å². The van der Waals surface area contributed by atoms with Gasteiger partial charge in [0, 0.05) is 76.1 Å². The number of pyridine rings is 1. The number of imidazole rings is 1. The highest BCUT2D eigenvalue weighted by molar-refractivity contribution is 6.06. The van der Waals surface area contributed by atoms with Crippen LogP contribution in [0.3, 0.4) is 0 Å². The van der Waals surface area contributed by atoms with Crippen LogP contribution in [-0.4, -0.2) is 317 Å². The zero-order valence-electron chi connectivity index (χ0n) is 72.6. The number of fused-ring (bicyclic) bond motifs is 8. The van der Waals surface area contributed by atoms with Gasteiger partial charge in [-0.15, -0.1) is 0 Å². The molecule has 1 aromatic carbocycles. The Labute approximate surface area is 695 Å². The average molecular weight is 1640 g/mol. The highest BCUT2D eigenvalue weighted by atomic mass is 16.6. The van der Waals surface area contributed by atoms with Crippen LogP contribution in [0.25, 0.3) is 21.9 Å². The Bertz CT molecular complexity index is 3110. The number of allylic oxidation sites excluding steroid dienone is 1. The molecule has 0 bridgehead atoms. The Kier molecular flexibility index (Phi) is 47.7. The number of benzene rings is 1. The van der Waals surface area contributed by atoms with Gasteiger partial charge in [0.25, 0.3) is 0 Å². The molecule has 4 aliphatic carbocycles. The number of nitrogens with two attached hydrogens (primary N) is 1. The number of anilines is 1. The summed E-state index contributed by atoms with van der Waals surface area (Å²) in [6.07, 6.45) is 21.8. The highest BCUT2D eigenvalue weighted by Gasteiger charge is 2.59. The summed E-state index contributed by atoms with van der Waals surface area (Å²) in [6.45, 7) is 39.3. The fourth-order valence-corrected chi connectivity index (χ4v) is 18.1. The molecule has 1 saturated heterocycles. The zero-order chi connectivity index (χ0) is 82.2. The first-order valence-electron chi connectivity index (χ1n) is 44.8. The number of aliphatic hydroxyl groups excluding tert-OH is 2. The van der Waals surface area contributed by atoms with E-state index in [1.54, 1.807) is 5.57 Å². The monoisotopic (exact) mass is 1640 g/mol. The second kappa shape index (κ2) is 56.7. The van der Waals surface area contributed by atoms with Gasteiger partial charge in [0.1, 0.15) is 17.4 Å². The van der Waals surface area contributed by atoms with Gasteiger partial charge in [-0.1, -0.05) is 97.9 Å². The number of nitrogens with one attached hydrogen (secondary N) is 1. The van der Waals surface area contributed by atoms with Crippen molar-refractivity contribution in [3.8, 4) is 0 Å². The molecule has 3 saturated carbocycles. The van der Waals surface area contributed by atoms with Gasteiger partial charge in [-0.3, -0.25) is 0 Å². The van der Waals surface area contributed by atoms with Crippen LogP contribution >= 0.6 is 0 Å². The summed E-state index contributed by atoms with van der Waals surface area (Å²) in [6, 6.07) is 6.50. The van der Waals surface area contributed by atoms with E-state index in [9.17, 15) is 15.0 Å². The van der Waals surface area contributed by atoms with Gasteiger partial charge < -0.3 is 116 Å². The summed E-state index contributed by atoms with van der Waals surface area (Å²) in [7, 11) is 0. The number of hydrogen-bond acceptors (Lipinski definition) is 25. The van der Waals surface area contributed by atoms with Crippen LogP contribution in [0.1, 0.15) is 156 Å². The quantitative estimate of drug-likeness (QED) is 0.0302. The Morgan fingerprint density at radius 1 is 0.560 bits per heavy atom. The van der Waals surface area contributed by atoms with E-state index in [1.165, 1.54) is 56.9 Å². The van der Waals surface area contributed by atoms with Crippen LogP contribution in [0.4, 0.5) is 10.6 Å². The SMILES string of the molecule is CCCCc1nc2c(N)nc3cc(CCCN4CCN(CCCOCCOCCOCCOCCOCCOCCOCCOCCOCCOCCOCCOCCOCCOCCOCCOCCNC(=O)O[C@H]5CC[C@@]6(C)C(=CC[C@H]7[C@@H]8CC[C@H]([C@H](C)CCCC(C)C)[C@@]8(C)CC[C@@H]76)C5)CC4)ccc3c2n1CC(C)(CO)CO. The first-order chi connectivity index (χ1) is 56.7. The molecule has 4 fully saturated rings. The number of carbonyl (C=O) groups is 1. The molecular weight excluding hydrogens is 1490 g/mol. The molecule has 5 aliphatic rings. The molecule has 1 aliphatic heterocycles. The largest absolute Gasteiger partial charge is 0.446 e. The van der Waals surface area contributed by atoms with Crippen LogP contribution in [0.2, 0.25) is 0 Å². The van der Waals surface area contributed by atoms with Crippen molar-refractivity contribution in [2.45, 2.75) is 170 Å². The van der Waals surface area contributed by atoms with E-state index in [0.29, 0.717) is 235 Å². The van der Waals surface area contributed by atoms with Crippen LogP contribution in [0, 0.1) is 51.8 Å². The summed E-state index contributed by atoms with van der Waals surface area (Å²) >= 11 is 0. The van der Waals surface area contributed by atoms with Crippen molar-refractivity contribution in [2.75, 3.05) is 276 Å². The number of rotatable bonds is 69. The minimum absolute atomic E-state index is 0.0611. The second-order valence-electron chi connectivity index (χ2n) is 33.8. The van der Waals surface area contributed by atoms with Crippen molar-refractivity contribution in [1.82, 2.24) is 29.7 Å². The Hall–Kier alpha value is -3.89. The Morgan fingerprint density at radius 2 is 1.03 bits per heavy atom. The first kappa shape index (κ1) is 97.6.